The summed E-state index contributed by atoms with van der Waals surface area (Å²) in [4.78, 5) is 39.5. The van der Waals surface area contributed by atoms with Crippen LogP contribution in [0.25, 0.3) is 0 Å². The van der Waals surface area contributed by atoms with Crippen molar-refractivity contribution in [1.29, 1.82) is 0 Å². The van der Waals surface area contributed by atoms with Crippen LogP contribution in [0.15, 0.2) is 21.9 Å². The van der Waals surface area contributed by atoms with Crippen LogP contribution < -0.4 is 9.67 Å². The number of carbonyl (C=O) groups is 2. The number of nitrogens with zero attached hydrogens (tertiary/aromatic N) is 3. The number of hydrogen-bond acceptors (Lipinski definition) is 8. The Bertz CT molecular complexity index is 1080. The zero-order valence-electron chi connectivity index (χ0n) is 15.5. The van der Waals surface area contributed by atoms with Gasteiger partial charge in [0.25, 0.3) is 12.3 Å². The highest BCUT2D eigenvalue weighted by Gasteiger charge is 2.23. The van der Waals surface area contributed by atoms with Crippen molar-refractivity contribution in [3.8, 4) is 0 Å². The number of rotatable bonds is 5. The molecule has 1 aromatic heterocycles. The molecule has 0 spiro atoms. The fourth-order valence-corrected chi connectivity index (χ4v) is 4.34. The number of benzene rings is 1. The van der Waals surface area contributed by atoms with E-state index in [4.69, 9.17) is 15.8 Å². The highest BCUT2D eigenvalue weighted by Crippen LogP contribution is 2.32. The fourth-order valence-electron chi connectivity index (χ4n) is 2.79. The lowest BCUT2D eigenvalue weighted by Crippen LogP contribution is -2.31. The van der Waals surface area contributed by atoms with E-state index in [0.29, 0.717) is 23.5 Å². The van der Waals surface area contributed by atoms with Crippen LogP contribution in [0.4, 0.5) is 10.1 Å². The fraction of sp³-hybridized carbons (Fsp3) is 0.412. The number of hydrogen-bond donors (Lipinski definition) is 0. The van der Waals surface area contributed by atoms with Crippen molar-refractivity contribution >= 4 is 52.9 Å². The average Bonchev–Trinajstić information content (AvgIpc) is 2.99. The lowest BCUT2D eigenvalue weighted by Gasteiger charge is -2.16. The van der Waals surface area contributed by atoms with Crippen LogP contribution in [0.3, 0.4) is 0 Å². The third kappa shape index (κ3) is 4.90. The van der Waals surface area contributed by atoms with Crippen LogP contribution in [0.2, 0.25) is 5.02 Å². The second-order valence-corrected chi connectivity index (χ2v) is 8.10. The van der Waals surface area contributed by atoms with Crippen LogP contribution >= 0.6 is 35.3 Å². The van der Waals surface area contributed by atoms with Crippen molar-refractivity contribution in [2.75, 3.05) is 0 Å². The molecule has 1 unspecified atom stereocenters. The van der Waals surface area contributed by atoms with Gasteiger partial charge in [0, 0.05) is 25.0 Å². The minimum absolute atomic E-state index is 0.0307. The van der Waals surface area contributed by atoms with Gasteiger partial charge in [0.2, 0.25) is 4.80 Å². The second kappa shape index (κ2) is 9.14. The summed E-state index contributed by atoms with van der Waals surface area (Å²) in [7, 11) is 0. The Morgan fingerprint density at radius 1 is 1.28 bits per heavy atom. The van der Waals surface area contributed by atoms with E-state index in [1.54, 1.807) is 9.36 Å². The maximum absolute atomic E-state index is 14.5. The first kappa shape index (κ1) is 21.6. The van der Waals surface area contributed by atoms with Gasteiger partial charge in [-0.1, -0.05) is 11.6 Å². The molecule has 0 amide bonds. The molecule has 1 aliphatic heterocycles. The third-order valence-electron chi connectivity index (χ3n) is 4.26. The van der Waals surface area contributed by atoms with Gasteiger partial charge >= 0.3 is 16.8 Å². The van der Waals surface area contributed by atoms with Crippen LogP contribution in [0, 0.1) is 5.82 Å². The standard InChI is InChI=1S/C17H17ClFN3O5S2/c1-9(15(24)27-29-26-10(2)23)11-7-14(13(19)8-12(11)18)20-16-21-5-3-4-6-22(21)17(25)28-16/h7-9H,3-6H2,1-2H3. The smallest absolute Gasteiger partial charge is 0.328 e. The average molecular weight is 462 g/mol. The number of fused-ring (bicyclic) bond motifs is 1. The number of carbonyl (C=O) groups excluding carboxylic acids is 2. The Balaban J connectivity index is 1.93. The second-order valence-electron chi connectivity index (χ2n) is 6.31. The van der Waals surface area contributed by atoms with Crippen molar-refractivity contribution in [1.82, 2.24) is 9.36 Å². The summed E-state index contributed by atoms with van der Waals surface area (Å²) in [6.45, 7) is 3.91. The molecule has 29 heavy (non-hydrogen) atoms. The molecular formula is C17H17ClFN3O5S2. The number of aromatic nitrogens is 2. The molecule has 0 saturated heterocycles. The molecule has 12 heteroatoms. The summed E-state index contributed by atoms with van der Waals surface area (Å²) in [5, 5.41) is 0.0307. The van der Waals surface area contributed by atoms with Crippen molar-refractivity contribution in [3.63, 3.8) is 0 Å². The van der Waals surface area contributed by atoms with Crippen LogP contribution in [-0.4, -0.2) is 21.3 Å². The van der Waals surface area contributed by atoms with Crippen LogP contribution in [0.1, 0.15) is 38.2 Å². The first-order chi connectivity index (χ1) is 13.8. The van der Waals surface area contributed by atoms with Crippen LogP contribution in [0.5, 0.6) is 0 Å². The predicted octanol–water partition coefficient (Wildman–Crippen LogP) is 3.30. The maximum atomic E-state index is 14.5. The topological polar surface area (TPSA) is 91.9 Å². The Kier molecular flexibility index (Phi) is 6.81. The normalized spacial score (nSPS) is 15.0. The maximum Gasteiger partial charge on any atom is 0.328 e. The van der Waals surface area contributed by atoms with Gasteiger partial charge in [0.15, 0.2) is 0 Å². The Morgan fingerprint density at radius 2 is 1.97 bits per heavy atom. The molecule has 0 N–H and O–H groups in total. The Hall–Kier alpha value is -2.11. The third-order valence-corrected chi connectivity index (χ3v) is 5.99. The molecule has 8 nitrogen and oxygen atoms in total. The first-order valence-corrected chi connectivity index (χ1v) is 10.5. The van der Waals surface area contributed by atoms with E-state index in [1.807, 2.05) is 0 Å². The van der Waals surface area contributed by atoms with Gasteiger partial charge in [-0.05, 0) is 48.8 Å². The number of halogens is 2. The molecule has 1 atom stereocenters. The minimum atomic E-state index is -0.866. The molecule has 0 aliphatic carbocycles. The molecule has 1 aliphatic rings. The summed E-state index contributed by atoms with van der Waals surface area (Å²) in [5.41, 5.74) is 0.255. The SMILES string of the molecule is CC(=O)OSOC(=O)C(C)c1cc(N=c2sc(=O)n3n2CCCC3)c(F)cc1Cl. The van der Waals surface area contributed by atoms with Crippen molar-refractivity contribution in [2.24, 2.45) is 4.99 Å². The lowest BCUT2D eigenvalue weighted by atomic mass is 10.0. The zero-order valence-corrected chi connectivity index (χ0v) is 17.9. The van der Waals surface area contributed by atoms with E-state index < -0.39 is 23.7 Å². The predicted molar refractivity (Wildman–Crippen MR) is 106 cm³/mol. The van der Waals surface area contributed by atoms with Gasteiger partial charge in [-0.15, -0.1) is 0 Å². The molecule has 1 aromatic carbocycles. The molecule has 0 saturated carbocycles. The summed E-state index contributed by atoms with van der Waals surface area (Å²) in [6.07, 6.45) is 1.81. The minimum Gasteiger partial charge on any atom is -0.355 e. The van der Waals surface area contributed by atoms with Crippen molar-refractivity contribution in [3.05, 3.63) is 43.0 Å². The molecule has 3 rings (SSSR count). The van der Waals surface area contributed by atoms with E-state index in [1.165, 1.54) is 19.9 Å². The van der Waals surface area contributed by atoms with E-state index in [9.17, 15) is 18.8 Å². The molecule has 0 radical (unpaired) electrons. The first-order valence-electron chi connectivity index (χ1n) is 8.68. The summed E-state index contributed by atoms with van der Waals surface area (Å²) in [6, 6.07) is 2.42. The van der Waals surface area contributed by atoms with Gasteiger partial charge in [0.05, 0.1) is 5.92 Å². The van der Waals surface area contributed by atoms with Gasteiger partial charge in [-0.2, -0.15) is 0 Å². The summed E-state index contributed by atoms with van der Waals surface area (Å²) in [5.74, 6) is -2.89. The van der Waals surface area contributed by atoms with E-state index >= 15 is 0 Å². The van der Waals surface area contributed by atoms with Gasteiger partial charge < -0.3 is 8.37 Å². The van der Waals surface area contributed by atoms with Crippen molar-refractivity contribution in [2.45, 2.75) is 45.7 Å². The van der Waals surface area contributed by atoms with Crippen molar-refractivity contribution < 1.29 is 22.3 Å². The summed E-state index contributed by atoms with van der Waals surface area (Å²) < 4.78 is 27.1. The Labute approximate surface area is 178 Å². The zero-order chi connectivity index (χ0) is 21.1. The van der Waals surface area contributed by atoms with E-state index in [-0.39, 0.29) is 27.9 Å². The van der Waals surface area contributed by atoms with Gasteiger partial charge in [-0.25, -0.2) is 14.1 Å². The van der Waals surface area contributed by atoms with E-state index in [0.717, 1.165) is 30.2 Å². The monoisotopic (exact) mass is 461 g/mol. The highest BCUT2D eigenvalue weighted by molar-refractivity contribution is 7.90. The molecule has 2 aromatic rings. The largest absolute Gasteiger partial charge is 0.355 e. The molecule has 156 valence electrons. The van der Waals surface area contributed by atoms with Crippen LogP contribution in [-0.2, 0) is 31.0 Å². The summed E-state index contributed by atoms with van der Waals surface area (Å²) >= 11 is 7.29. The molecule has 2 heterocycles. The molecule has 0 bridgehead atoms. The van der Waals surface area contributed by atoms with E-state index in [2.05, 4.69) is 9.18 Å². The van der Waals surface area contributed by atoms with Gasteiger partial charge in [0.1, 0.15) is 11.5 Å². The molecular weight excluding hydrogens is 445 g/mol. The highest BCUT2D eigenvalue weighted by atomic mass is 35.5. The lowest BCUT2D eigenvalue weighted by molar-refractivity contribution is -0.135. The quantitative estimate of drug-likeness (QED) is 0.634. The molecule has 0 fully saturated rings. The Morgan fingerprint density at radius 3 is 2.66 bits per heavy atom. The van der Waals surface area contributed by atoms with Gasteiger partial charge in [-0.3, -0.25) is 19.1 Å².